The van der Waals surface area contributed by atoms with Crippen LogP contribution in [-0.4, -0.2) is 12.3 Å². The summed E-state index contributed by atoms with van der Waals surface area (Å²) in [5.74, 6) is 0.718. The molecule has 0 aromatic carbocycles. The van der Waals surface area contributed by atoms with Crippen LogP contribution in [0.4, 0.5) is 0 Å². The first kappa shape index (κ1) is 10.5. The molecule has 0 fully saturated rings. The molecule has 1 heteroatoms. The van der Waals surface area contributed by atoms with E-state index in [0.29, 0.717) is 6.04 Å². The average molecular weight is 179 g/mol. The number of nitrogens with zero attached hydrogens (tertiary/aromatic N) is 1. The quantitative estimate of drug-likeness (QED) is 0.625. The Morgan fingerprint density at radius 2 is 1.92 bits per heavy atom. The normalized spacial score (nSPS) is 27.5. The van der Waals surface area contributed by atoms with Gasteiger partial charge in [-0.3, -0.25) is 4.99 Å². The first-order valence-corrected chi connectivity index (χ1v) is 5.49. The summed E-state index contributed by atoms with van der Waals surface area (Å²) in [4.78, 5) is 4.57. The van der Waals surface area contributed by atoms with Gasteiger partial charge in [-0.2, -0.15) is 0 Å². The molecule has 1 rings (SSSR count). The van der Waals surface area contributed by atoms with Crippen LogP contribution < -0.4 is 0 Å². The Hall–Kier alpha value is -0.590. The Kier molecular flexibility index (Phi) is 4.20. The first-order valence-electron chi connectivity index (χ1n) is 5.49. The Balaban J connectivity index is 2.61. The third kappa shape index (κ3) is 2.68. The second-order valence-electron chi connectivity index (χ2n) is 3.96. The maximum atomic E-state index is 4.57. The molecular weight excluding hydrogens is 158 g/mol. The lowest BCUT2D eigenvalue weighted by Gasteiger charge is -2.26. The van der Waals surface area contributed by atoms with Crippen molar-refractivity contribution < 1.29 is 0 Å². The molecule has 0 N–H and O–H groups in total. The van der Waals surface area contributed by atoms with Crippen molar-refractivity contribution in [2.45, 2.75) is 52.5 Å². The minimum absolute atomic E-state index is 0.565. The molecule has 1 aliphatic heterocycles. The zero-order chi connectivity index (χ0) is 9.68. The summed E-state index contributed by atoms with van der Waals surface area (Å²) < 4.78 is 0. The highest BCUT2D eigenvalue weighted by Gasteiger charge is 2.22. The zero-order valence-electron chi connectivity index (χ0n) is 9.09. The highest BCUT2D eigenvalue weighted by atomic mass is 14.8. The lowest BCUT2D eigenvalue weighted by Crippen LogP contribution is -2.22. The molecule has 0 aromatic heterocycles. The summed E-state index contributed by atoms with van der Waals surface area (Å²) in [5.41, 5.74) is 1.52. The van der Waals surface area contributed by atoms with Gasteiger partial charge >= 0.3 is 0 Å². The second kappa shape index (κ2) is 5.21. The Morgan fingerprint density at radius 1 is 1.23 bits per heavy atom. The van der Waals surface area contributed by atoms with Gasteiger partial charge in [-0.25, -0.2) is 0 Å². The maximum absolute atomic E-state index is 4.57. The Labute approximate surface area is 82.0 Å². The minimum atomic E-state index is 0.565. The summed E-state index contributed by atoms with van der Waals surface area (Å²) in [6, 6.07) is 0.565. The van der Waals surface area contributed by atoms with Gasteiger partial charge in [0.2, 0.25) is 0 Å². The topological polar surface area (TPSA) is 12.4 Å². The van der Waals surface area contributed by atoms with Gasteiger partial charge in [0.05, 0.1) is 6.04 Å². The molecule has 74 valence electrons. The highest BCUT2D eigenvalue weighted by Crippen LogP contribution is 2.27. The van der Waals surface area contributed by atoms with Crippen molar-refractivity contribution in [1.29, 1.82) is 0 Å². The van der Waals surface area contributed by atoms with E-state index in [-0.39, 0.29) is 0 Å². The van der Waals surface area contributed by atoms with E-state index in [1.807, 2.05) is 6.21 Å². The highest BCUT2D eigenvalue weighted by molar-refractivity contribution is 5.73. The van der Waals surface area contributed by atoms with Crippen LogP contribution in [0.5, 0.6) is 0 Å². The lowest BCUT2D eigenvalue weighted by molar-refractivity contribution is 0.419. The molecule has 2 atom stereocenters. The van der Waals surface area contributed by atoms with Gasteiger partial charge in [-0.15, -0.1) is 0 Å². The molecule has 0 amide bonds. The fraction of sp³-hybridized carbons (Fsp3) is 0.750. The number of rotatable bonds is 4. The Bertz CT molecular complexity index is 203. The molecule has 0 aromatic rings. The molecule has 13 heavy (non-hydrogen) atoms. The average Bonchev–Trinajstić information content (AvgIpc) is 2.11. The molecule has 0 aliphatic carbocycles. The van der Waals surface area contributed by atoms with Gasteiger partial charge < -0.3 is 0 Å². The fourth-order valence-electron chi connectivity index (χ4n) is 2.10. The van der Waals surface area contributed by atoms with E-state index in [0.717, 1.165) is 5.92 Å². The predicted octanol–water partition coefficient (Wildman–Crippen LogP) is 3.60. The van der Waals surface area contributed by atoms with Crippen LogP contribution in [0.2, 0.25) is 0 Å². The van der Waals surface area contributed by atoms with Crippen molar-refractivity contribution in [3.63, 3.8) is 0 Å². The molecule has 1 nitrogen and oxygen atoms in total. The van der Waals surface area contributed by atoms with E-state index in [1.165, 1.54) is 31.3 Å². The van der Waals surface area contributed by atoms with E-state index in [9.17, 15) is 0 Å². The second-order valence-corrected chi connectivity index (χ2v) is 3.96. The predicted molar refractivity (Wildman–Crippen MR) is 59.3 cm³/mol. The standard InChI is InChI=1S/C12H21N/c1-4-6-11-10(3)8-9-13-12(11)7-5-2/h8-9,11-12H,4-7H2,1-3H3. The Morgan fingerprint density at radius 3 is 2.54 bits per heavy atom. The monoisotopic (exact) mass is 179 g/mol. The van der Waals surface area contributed by atoms with Crippen LogP contribution in [0.15, 0.2) is 16.6 Å². The summed E-state index contributed by atoms with van der Waals surface area (Å²) in [6.45, 7) is 6.74. The van der Waals surface area contributed by atoms with Crippen molar-refractivity contribution in [2.24, 2.45) is 10.9 Å². The molecule has 0 radical (unpaired) electrons. The van der Waals surface area contributed by atoms with Crippen molar-refractivity contribution in [3.05, 3.63) is 11.6 Å². The van der Waals surface area contributed by atoms with Crippen molar-refractivity contribution in [2.75, 3.05) is 0 Å². The van der Waals surface area contributed by atoms with Gasteiger partial charge in [-0.1, -0.05) is 32.3 Å². The van der Waals surface area contributed by atoms with E-state index >= 15 is 0 Å². The van der Waals surface area contributed by atoms with Crippen LogP contribution in [0.3, 0.4) is 0 Å². The number of hydrogen-bond donors (Lipinski definition) is 0. The van der Waals surface area contributed by atoms with Gasteiger partial charge in [0.25, 0.3) is 0 Å². The van der Waals surface area contributed by atoms with Crippen molar-refractivity contribution >= 4 is 6.21 Å². The zero-order valence-corrected chi connectivity index (χ0v) is 9.09. The summed E-state index contributed by atoms with van der Waals surface area (Å²) in [6.07, 6.45) is 9.21. The lowest BCUT2D eigenvalue weighted by atomic mass is 9.85. The molecule has 0 saturated heterocycles. The van der Waals surface area contributed by atoms with Crippen molar-refractivity contribution in [1.82, 2.24) is 0 Å². The van der Waals surface area contributed by atoms with Crippen LogP contribution in [0.1, 0.15) is 46.5 Å². The van der Waals surface area contributed by atoms with Gasteiger partial charge in [0.15, 0.2) is 0 Å². The molecule has 1 heterocycles. The maximum Gasteiger partial charge on any atom is 0.0564 e. The molecule has 1 aliphatic rings. The minimum Gasteiger partial charge on any atom is -0.289 e. The molecule has 0 spiro atoms. The fourth-order valence-corrected chi connectivity index (χ4v) is 2.10. The molecular formula is C12H21N. The smallest absolute Gasteiger partial charge is 0.0564 e. The summed E-state index contributed by atoms with van der Waals surface area (Å²) in [7, 11) is 0. The van der Waals surface area contributed by atoms with Gasteiger partial charge in [-0.05, 0) is 25.8 Å². The van der Waals surface area contributed by atoms with E-state index < -0.39 is 0 Å². The van der Waals surface area contributed by atoms with Crippen LogP contribution >= 0.6 is 0 Å². The number of allylic oxidation sites excluding steroid dienone is 1. The van der Waals surface area contributed by atoms with Crippen molar-refractivity contribution in [3.8, 4) is 0 Å². The van der Waals surface area contributed by atoms with E-state index in [1.54, 1.807) is 0 Å². The van der Waals surface area contributed by atoms with E-state index in [2.05, 4.69) is 31.8 Å². The first-order chi connectivity index (χ1) is 6.29. The number of dihydropyridines is 1. The van der Waals surface area contributed by atoms with Gasteiger partial charge in [0.1, 0.15) is 0 Å². The summed E-state index contributed by atoms with van der Waals surface area (Å²) >= 11 is 0. The number of aliphatic imine (C=N–C) groups is 1. The van der Waals surface area contributed by atoms with E-state index in [4.69, 9.17) is 0 Å². The van der Waals surface area contributed by atoms with Gasteiger partial charge in [0, 0.05) is 12.1 Å². The third-order valence-electron chi connectivity index (χ3n) is 2.85. The van der Waals surface area contributed by atoms with Crippen LogP contribution in [-0.2, 0) is 0 Å². The largest absolute Gasteiger partial charge is 0.289 e. The molecule has 0 saturated carbocycles. The van der Waals surface area contributed by atoms with Crippen LogP contribution in [0, 0.1) is 5.92 Å². The third-order valence-corrected chi connectivity index (χ3v) is 2.85. The number of hydrogen-bond acceptors (Lipinski definition) is 1. The summed E-state index contributed by atoms with van der Waals surface area (Å²) in [5, 5.41) is 0. The van der Waals surface area contributed by atoms with Crippen LogP contribution in [0.25, 0.3) is 0 Å². The SMILES string of the molecule is CCCC1N=CC=C(C)C1CCC. The molecule has 0 bridgehead atoms. The molecule has 2 unspecified atom stereocenters.